The number of aromatic nitrogens is 1. The highest BCUT2D eigenvalue weighted by molar-refractivity contribution is 5.95. The lowest BCUT2D eigenvalue weighted by Gasteiger charge is -2.35. The summed E-state index contributed by atoms with van der Waals surface area (Å²) in [6, 6.07) is 3.44. The monoisotopic (exact) mass is 277 g/mol. The molecule has 1 fully saturated rings. The molecular formula is C15H23N3O2. The minimum atomic E-state index is -0.656. The normalized spacial score (nSPS) is 18.4. The van der Waals surface area contributed by atoms with E-state index in [9.17, 15) is 9.90 Å². The number of anilines is 1. The lowest BCUT2D eigenvalue weighted by Crippen LogP contribution is -2.45. The Morgan fingerprint density at radius 3 is 2.55 bits per heavy atom. The largest absolute Gasteiger partial charge is 0.390 e. The SMILES string of the molecule is CC(C)c1cc(C(=O)N2CCC(C)(O)CC2)cc(N)n1. The van der Waals surface area contributed by atoms with Gasteiger partial charge in [0.05, 0.1) is 5.60 Å². The van der Waals surface area contributed by atoms with Crippen LogP contribution in [0.4, 0.5) is 5.82 Å². The van der Waals surface area contributed by atoms with Crippen molar-refractivity contribution in [1.82, 2.24) is 9.88 Å². The number of nitrogens with zero attached hydrogens (tertiary/aromatic N) is 2. The van der Waals surface area contributed by atoms with Crippen molar-refractivity contribution >= 4 is 11.7 Å². The Hall–Kier alpha value is -1.62. The first-order valence-corrected chi connectivity index (χ1v) is 7.07. The van der Waals surface area contributed by atoms with Gasteiger partial charge in [-0.25, -0.2) is 4.98 Å². The molecule has 20 heavy (non-hydrogen) atoms. The summed E-state index contributed by atoms with van der Waals surface area (Å²) in [6.07, 6.45) is 1.21. The molecule has 1 aliphatic rings. The topological polar surface area (TPSA) is 79.5 Å². The fourth-order valence-electron chi connectivity index (χ4n) is 2.37. The van der Waals surface area contributed by atoms with Crippen molar-refractivity contribution in [3.63, 3.8) is 0 Å². The number of aliphatic hydroxyl groups is 1. The minimum absolute atomic E-state index is 0.0310. The molecule has 1 saturated heterocycles. The summed E-state index contributed by atoms with van der Waals surface area (Å²) in [4.78, 5) is 18.5. The van der Waals surface area contributed by atoms with Gasteiger partial charge in [0, 0.05) is 24.3 Å². The molecular weight excluding hydrogens is 254 g/mol. The van der Waals surface area contributed by atoms with Gasteiger partial charge in [-0.05, 0) is 37.8 Å². The van der Waals surface area contributed by atoms with Crippen LogP contribution in [-0.4, -0.2) is 39.6 Å². The van der Waals surface area contributed by atoms with Gasteiger partial charge in [0.15, 0.2) is 0 Å². The van der Waals surface area contributed by atoms with Crippen molar-refractivity contribution in [2.75, 3.05) is 18.8 Å². The second-order valence-corrected chi connectivity index (χ2v) is 6.15. The first-order chi connectivity index (χ1) is 9.28. The third-order valence-electron chi connectivity index (χ3n) is 3.83. The second-order valence-electron chi connectivity index (χ2n) is 6.15. The zero-order valence-corrected chi connectivity index (χ0v) is 12.4. The van der Waals surface area contributed by atoms with E-state index in [1.807, 2.05) is 26.8 Å². The van der Waals surface area contributed by atoms with Gasteiger partial charge in [0.25, 0.3) is 5.91 Å². The summed E-state index contributed by atoms with van der Waals surface area (Å²) < 4.78 is 0. The highest BCUT2D eigenvalue weighted by Crippen LogP contribution is 2.23. The smallest absolute Gasteiger partial charge is 0.254 e. The number of piperidine rings is 1. The Balaban J connectivity index is 2.17. The third kappa shape index (κ3) is 3.28. The van der Waals surface area contributed by atoms with Crippen LogP contribution in [0.5, 0.6) is 0 Å². The molecule has 0 saturated carbocycles. The number of hydrogen-bond acceptors (Lipinski definition) is 4. The van der Waals surface area contributed by atoms with E-state index in [4.69, 9.17) is 5.73 Å². The van der Waals surface area contributed by atoms with Crippen molar-refractivity contribution in [3.05, 3.63) is 23.4 Å². The van der Waals surface area contributed by atoms with Crippen LogP contribution in [0.3, 0.4) is 0 Å². The standard InChI is InChI=1S/C15H23N3O2/c1-10(2)12-8-11(9-13(16)17-12)14(19)18-6-4-15(3,20)5-7-18/h8-10,20H,4-7H2,1-3H3,(H2,16,17). The van der Waals surface area contributed by atoms with E-state index >= 15 is 0 Å². The fraction of sp³-hybridized carbons (Fsp3) is 0.600. The highest BCUT2D eigenvalue weighted by Gasteiger charge is 2.30. The maximum Gasteiger partial charge on any atom is 0.254 e. The maximum atomic E-state index is 12.5. The molecule has 1 aromatic rings. The van der Waals surface area contributed by atoms with Crippen molar-refractivity contribution in [2.45, 2.75) is 45.1 Å². The lowest BCUT2D eigenvalue weighted by atomic mass is 9.93. The molecule has 0 atom stereocenters. The Labute approximate surface area is 119 Å². The van der Waals surface area contributed by atoms with Crippen LogP contribution >= 0.6 is 0 Å². The predicted molar refractivity (Wildman–Crippen MR) is 78.5 cm³/mol. The summed E-state index contributed by atoms with van der Waals surface area (Å²) in [5.74, 6) is 0.576. The van der Waals surface area contributed by atoms with E-state index < -0.39 is 5.60 Å². The number of rotatable bonds is 2. The van der Waals surface area contributed by atoms with Crippen LogP contribution < -0.4 is 5.73 Å². The van der Waals surface area contributed by atoms with Gasteiger partial charge in [-0.1, -0.05) is 13.8 Å². The van der Waals surface area contributed by atoms with Gasteiger partial charge < -0.3 is 15.7 Å². The number of carbonyl (C=O) groups excluding carboxylic acids is 1. The molecule has 0 aromatic carbocycles. The maximum absolute atomic E-state index is 12.5. The summed E-state index contributed by atoms with van der Waals surface area (Å²) >= 11 is 0. The highest BCUT2D eigenvalue weighted by atomic mass is 16.3. The van der Waals surface area contributed by atoms with Crippen molar-refractivity contribution in [3.8, 4) is 0 Å². The number of pyridine rings is 1. The molecule has 2 rings (SSSR count). The molecule has 0 bridgehead atoms. The molecule has 3 N–H and O–H groups in total. The first kappa shape index (κ1) is 14.8. The lowest BCUT2D eigenvalue weighted by molar-refractivity contribution is -0.00203. The Morgan fingerprint density at radius 1 is 1.40 bits per heavy atom. The third-order valence-corrected chi connectivity index (χ3v) is 3.83. The summed E-state index contributed by atoms with van der Waals surface area (Å²) in [5, 5.41) is 9.94. The average molecular weight is 277 g/mol. The summed E-state index contributed by atoms with van der Waals surface area (Å²) in [7, 11) is 0. The van der Waals surface area contributed by atoms with Crippen LogP contribution in [-0.2, 0) is 0 Å². The number of nitrogen functional groups attached to an aromatic ring is 1. The predicted octanol–water partition coefficient (Wildman–Crippen LogP) is 1.77. The molecule has 0 spiro atoms. The van der Waals surface area contributed by atoms with E-state index in [0.29, 0.717) is 37.3 Å². The Bertz CT molecular complexity index is 502. The minimum Gasteiger partial charge on any atom is -0.390 e. The van der Waals surface area contributed by atoms with Crippen LogP contribution in [0.1, 0.15) is 55.6 Å². The summed E-state index contributed by atoms with van der Waals surface area (Å²) in [5.41, 5.74) is 6.55. The molecule has 1 amide bonds. The molecule has 5 nitrogen and oxygen atoms in total. The molecule has 2 heterocycles. The molecule has 1 aromatic heterocycles. The van der Waals surface area contributed by atoms with E-state index in [1.54, 1.807) is 11.0 Å². The Morgan fingerprint density at radius 2 is 2.00 bits per heavy atom. The molecule has 0 unspecified atom stereocenters. The van der Waals surface area contributed by atoms with E-state index in [1.165, 1.54) is 0 Å². The molecule has 1 aliphatic heterocycles. The van der Waals surface area contributed by atoms with Gasteiger partial charge in [0.2, 0.25) is 0 Å². The van der Waals surface area contributed by atoms with Crippen molar-refractivity contribution in [1.29, 1.82) is 0 Å². The van der Waals surface area contributed by atoms with Gasteiger partial charge in [0.1, 0.15) is 5.82 Å². The van der Waals surface area contributed by atoms with Crippen LogP contribution in [0.15, 0.2) is 12.1 Å². The van der Waals surface area contributed by atoms with Crippen molar-refractivity contribution in [2.24, 2.45) is 0 Å². The van der Waals surface area contributed by atoms with E-state index in [0.717, 1.165) is 5.69 Å². The number of carbonyl (C=O) groups is 1. The number of amides is 1. The Kier molecular flexibility index (Phi) is 3.99. The van der Waals surface area contributed by atoms with Gasteiger partial charge in [-0.2, -0.15) is 0 Å². The molecule has 110 valence electrons. The first-order valence-electron chi connectivity index (χ1n) is 7.07. The van der Waals surface area contributed by atoms with Crippen LogP contribution in [0.25, 0.3) is 0 Å². The quantitative estimate of drug-likeness (QED) is 0.863. The van der Waals surface area contributed by atoms with Gasteiger partial charge in [-0.15, -0.1) is 0 Å². The summed E-state index contributed by atoms with van der Waals surface area (Å²) in [6.45, 7) is 7.01. The zero-order chi connectivity index (χ0) is 14.9. The zero-order valence-electron chi connectivity index (χ0n) is 12.4. The van der Waals surface area contributed by atoms with Crippen molar-refractivity contribution < 1.29 is 9.90 Å². The van der Waals surface area contributed by atoms with E-state index in [-0.39, 0.29) is 11.8 Å². The molecule has 0 aliphatic carbocycles. The van der Waals surface area contributed by atoms with Gasteiger partial charge in [-0.3, -0.25) is 4.79 Å². The molecule has 0 radical (unpaired) electrons. The van der Waals surface area contributed by atoms with E-state index in [2.05, 4.69) is 4.98 Å². The number of hydrogen-bond donors (Lipinski definition) is 2. The second kappa shape index (κ2) is 5.40. The van der Waals surface area contributed by atoms with Crippen LogP contribution in [0.2, 0.25) is 0 Å². The number of likely N-dealkylation sites (tertiary alicyclic amines) is 1. The molecule has 5 heteroatoms. The van der Waals surface area contributed by atoms with Gasteiger partial charge >= 0.3 is 0 Å². The average Bonchev–Trinajstić information content (AvgIpc) is 2.37. The number of nitrogens with two attached hydrogens (primary N) is 1. The van der Waals surface area contributed by atoms with Crippen LogP contribution in [0, 0.1) is 0 Å². The fourth-order valence-corrected chi connectivity index (χ4v) is 2.37.